The Labute approximate surface area is 209 Å². The Bertz CT molecular complexity index is 1200. The molecule has 0 aromatic heterocycles. The number of nitrogens with zero attached hydrogens (tertiary/aromatic N) is 1. The summed E-state index contributed by atoms with van der Waals surface area (Å²) in [4.78, 5) is 12.5. The van der Waals surface area contributed by atoms with Gasteiger partial charge in [-0.25, -0.2) is 0 Å². The van der Waals surface area contributed by atoms with Crippen LogP contribution >= 0.6 is 15.9 Å². The van der Waals surface area contributed by atoms with E-state index in [2.05, 4.69) is 39.4 Å². The van der Waals surface area contributed by atoms with Crippen molar-refractivity contribution in [1.29, 1.82) is 5.26 Å². The Kier molecular flexibility index (Phi) is 9.30. The molecule has 3 aromatic rings. The van der Waals surface area contributed by atoms with E-state index < -0.39 is 5.91 Å². The number of nitriles is 1. The molecule has 0 unspecified atom stereocenters. The molecular weight excluding hydrogens is 492 g/mol. The quantitative estimate of drug-likeness (QED) is 0.203. The highest BCUT2D eigenvalue weighted by Gasteiger charge is 2.13. The topological polar surface area (TPSA) is 71.3 Å². The van der Waals surface area contributed by atoms with Gasteiger partial charge in [-0.3, -0.25) is 4.79 Å². The van der Waals surface area contributed by atoms with Crippen molar-refractivity contribution in [1.82, 2.24) is 5.32 Å². The molecule has 0 radical (unpaired) electrons. The number of carbonyl (C=O) groups is 1. The van der Waals surface area contributed by atoms with Gasteiger partial charge in [0.15, 0.2) is 11.5 Å². The molecule has 0 saturated carbocycles. The number of methoxy groups -OCH3 is 1. The first-order valence-electron chi connectivity index (χ1n) is 11.0. The van der Waals surface area contributed by atoms with Crippen LogP contribution in [0.1, 0.15) is 28.7 Å². The number of halogens is 1. The van der Waals surface area contributed by atoms with Crippen molar-refractivity contribution in [2.75, 3.05) is 13.7 Å². The minimum absolute atomic E-state index is 0.0240. The van der Waals surface area contributed by atoms with Gasteiger partial charge in [0.05, 0.1) is 7.11 Å². The lowest BCUT2D eigenvalue weighted by Crippen LogP contribution is -2.25. The summed E-state index contributed by atoms with van der Waals surface area (Å²) in [6.07, 6.45) is 3.20. The SMILES string of the molecule is COc1cc(/C=C(/C#N)C(=O)NCCCc2ccccc2)c(Br)cc1OCc1cccc(C)c1. The van der Waals surface area contributed by atoms with Crippen molar-refractivity contribution in [3.05, 3.63) is 99.0 Å². The van der Waals surface area contributed by atoms with Crippen molar-refractivity contribution in [3.63, 3.8) is 0 Å². The summed E-state index contributed by atoms with van der Waals surface area (Å²) in [6.45, 7) is 2.92. The number of rotatable bonds is 10. The number of benzene rings is 3. The fraction of sp³-hybridized carbons (Fsp3) is 0.214. The van der Waals surface area contributed by atoms with Crippen LogP contribution in [0.25, 0.3) is 6.08 Å². The number of hydrogen-bond donors (Lipinski definition) is 1. The molecule has 0 saturated heterocycles. The molecule has 1 amide bonds. The van der Waals surface area contributed by atoms with E-state index in [1.807, 2.05) is 49.4 Å². The summed E-state index contributed by atoms with van der Waals surface area (Å²) in [5, 5.41) is 12.4. The minimum Gasteiger partial charge on any atom is -0.493 e. The predicted molar refractivity (Wildman–Crippen MR) is 138 cm³/mol. The van der Waals surface area contributed by atoms with Gasteiger partial charge in [-0.15, -0.1) is 0 Å². The van der Waals surface area contributed by atoms with Crippen LogP contribution in [0.5, 0.6) is 11.5 Å². The van der Waals surface area contributed by atoms with Gasteiger partial charge in [-0.1, -0.05) is 76.1 Å². The summed E-state index contributed by atoms with van der Waals surface area (Å²) >= 11 is 3.52. The minimum atomic E-state index is -0.402. The lowest BCUT2D eigenvalue weighted by atomic mass is 10.1. The van der Waals surface area contributed by atoms with Crippen LogP contribution in [0, 0.1) is 18.3 Å². The maximum Gasteiger partial charge on any atom is 0.261 e. The van der Waals surface area contributed by atoms with Crippen LogP contribution in [0.3, 0.4) is 0 Å². The number of amides is 1. The first kappa shape index (κ1) is 25.1. The molecular formula is C28H27BrN2O3. The van der Waals surface area contributed by atoms with Gasteiger partial charge in [0.2, 0.25) is 0 Å². The smallest absolute Gasteiger partial charge is 0.261 e. The Morgan fingerprint density at radius 2 is 1.82 bits per heavy atom. The summed E-state index contributed by atoms with van der Waals surface area (Å²) in [6, 6.07) is 23.7. The number of aryl methyl sites for hydroxylation is 2. The number of carbonyl (C=O) groups excluding carboxylic acids is 1. The van der Waals surface area contributed by atoms with Crippen LogP contribution < -0.4 is 14.8 Å². The van der Waals surface area contributed by atoms with Crippen LogP contribution in [0.4, 0.5) is 0 Å². The van der Waals surface area contributed by atoms with E-state index in [0.29, 0.717) is 34.7 Å². The van der Waals surface area contributed by atoms with E-state index in [-0.39, 0.29) is 5.57 Å². The monoisotopic (exact) mass is 518 g/mol. The summed E-state index contributed by atoms with van der Waals surface area (Å²) < 4.78 is 12.1. The molecule has 5 nitrogen and oxygen atoms in total. The Morgan fingerprint density at radius 3 is 2.53 bits per heavy atom. The normalized spacial score (nSPS) is 10.9. The number of ether oxygens (including phenoxy) is 2. The summed E-state index contributed by atoms with van der Waals surface area (Å²) in [7, 11) is 1.56. The zero-order chi connectivity index (χ0) is 24.3. The maximum absolute atomic E-state index is 12.5. The zero-order valence-corrected chi connectivity index (χ0v) is 20.9. The van der Waals surface area contributed by atoms with E-state index in [1.165, 1.54) is 5.56 Å². The van der Waals surface area contributed by atoms with Gasteiger partial charge < -0.3 is 14.8 Å². The van der Waals surface area contributed by atoms with Crippen molar-refractivity contribution in [2.45, 2.75) is 26.4 Å². The molecule has 0 heterocycles. The van der Waals surface area contributed by atoms with Crippen LogP contribution in [0.2, 0.25) is 0 Å². The highest BCUT2D eigenvalue weighted by molar-refractivity contribution is 9.10. The number of hydrogen-bond acceptors (Lipinski definition) is 4. The van der Waals surface area contributed by atoms with Crippen LogP contribution in [0.15, 0.2) is 76.8 Å². The van der Waals surface area contributed by atoms with E-state index in [9.17, 15) is 10.1 Å². The Balaban J connectivity index is 1.66. The van der Waals surface area contributed by atoms with Crippen LogP contribution in [-0.2, 0) is 17.8 Å². The first-order chi connectivity index (χ1) is 16.5. The average molecular weight is 519 g/mol. The van der Waals surface area contributed by atoms with Gasteiger partial charge >= 0.3 is 0 Å². The van der Waals surface area contributed by atoms with Crippen molar-refractivity contribution in [3.8, 4) is 17.6 Å². The third-order valence-electron chi connectivity index (χ3n) is 5.20. The molecule has 34 heavy (non-hydrogen) atoms. The Hall–Kier alpha value is -3.56. The van der Waals surface area contributed by atoms with Crippen molar-refractivity contribution < 1.29 is 14.3 Å². The molecule has 0 bridgehead atoms. The lowest BCUT2D eigenvalue weighted by Gasteiger charge is -2.13. The average Bonchev–Trinajstić information content (AvgIpc) is 2.85. The fourth-order valence-electron chi connectivity index (χ4n) is 3.44. The van der Waals surface area contributed by atoms with E-state index in [0.717, 1.165) is 24.0 Å². The third kappa shape index (κ3) is 7.23. The summed E-state index contributed by atoms with van der Waals surface area (Å²) in [5.74, 6) is 0.681. The fourth-order valence-corrected chi connectivity index (χ4v) is 3.87. The summed E-state index contributed by atoms with van der Waals surface area (Å²) in [5.41, 5.74) is 4.11. The van der Waals surface area contributed by atoms with E-state index in [1.54, 1.807) is 25.3 Å². The molecule has 3 rings (SSSR count). The molecule has 0 atom stereocenters. The second kappa shape index (κ2) is 12.6. The zero-order valence-electron chi connectivity index (χ0n) is 19.3. The standard InChI is InChI=1S/C28H27BrN2O3/c1-20-8-6-11-22(14-20)19-34-27-17-25(29)23(16-26(27)33-2)15-24(18-30)28(32)31-13-7-12-21-9-4-3-5-10-21/h3-6,8-11,14-17H,7,12-13,19H2,1-2H3,(H,31,32)/b24-15-. The van der Waals surface area contributed by atoms with E-state index >= 15 is 0 Å². The molecule has 0 aliphatic rings. The highest BCUT2D eigenvalue weighted by atomic mass is 79.9. The molecule has 1 N–H and O–H groups in total. The molecule has 0 aliphatic carbocycles. The molecule has 0 spiro atoms. The number of nitrogens with one attached hydrogen (secondary N) is 1. The highest BCUT2D eigenvalue weighted by Crippen LogP contribution is 2.35. The molecule has 3 aromatic carbocycles. The van der Waals surface area contributed by atoms with Gasteiger partial charge in [0.25, 0.3) is 5.91 Å². The lowest BCUT2D eigenvalue weighted by molar-refractivity contribution is -0.117. The van der Waals surface area contributed by atoms with E-state index in [4.69, 9.17) is 9.47 Å². The van der Waals surface area contributed by atoms with Gasteiger partial charge in [-0.05, 0) is 54.7 Å². The molecule has 6 heteroatoms. The van der Waals surface area contributed by atoms with Crippen molar-refractivity contribution >= 4 is 27.9 Å². The van der Waals surface area contributed by atoms with Gasteiger partial charge in [0, 0.05) is 11.0 Å². The van der Waals surface area contributed by atoms with Gasteiger partial charge in [-0.2, -0.15) is 5.26 Å². The molecule has 0 aliphatic heterocycles. The van der Waals surface area contributed by atoms with Crippen molar-refractivity contribution in [2.24, 2.45) is 0 Å². The molecule has 0 fully saturated rings. The predicted octanol–water partition coefficient (Wildman–Crippen LogP) is 6.00. The molecule has 174 valence electrons. The van der Waals surface area contributed by atoms with Crippen LogP contribution in [-0.4, -0.2) is 19.6 Å². The Morgan fingerprint density at radius 1 is 1.06 bits per heavy atom. The second-order valence-corrected chi connectivity index (χ2v) is 8.67. The maximum atomic E-state index is 12.5. The van der Waals surface area contributed by atoms with Gasteiger partial charge in [0.1, 0.15) is 18.2 Å². The second-order valence-electron chi connectivity index (χ2n) is 7.82. The first-order valence-corrected chi connectivity index (χ1v) is 11.8. The third-order valence-corrected chi connectivity index (χ3v) is 5.88. The largest absolute Gasteiger partial charge is 0.493 e.